The third kappa shape index (κ3) is 6.11. The van der Waals surface area contributed by atoms with E-state index in [9.17, 15) is 14.3 Å². The van der Waals surface area contributed by atoms with Crippen LogP contribution < -0.4 is 4.74 Å². The number of ether oxygens (including phenoxy) is 1. The number of benzene rings is 3. The summed E-state index contributed by atoms with van der Waals surface area (Å²) >= 11 is 0. The molecule has 0 aliphatic carbocycles. The molecule has 0 aliphatic rings. The monoisotopic (exact) mass is 590 g/mol. The molecule has 0 saturated carbocycles. The molecule has 3 aromatic heterocycles. The van der Waals surface area contributed by atoms with E-state index in [1.165, 1.54) is 18.5 Å². The second-order valence-corrected chi connectivity index (χ2v) is 10.3. The highest BCUT2D eigenvalue weighted by Gasteiger charge is 2.18. The number of aromatic nitrogens is 4. The Hall–Kier alpha value is -5.60. The smallest absolute Gasteiger partial charge is 0.335 e. The van der Waals surface area contributed by atoms with Crippen molar-refractivity contribution in [2.75, 3.05) is 6.54 Å². The van der Waals surface area contributed by atoms with Gasteiger partial charge in [0.15, 0.2) is 6.39 Å². The van der Waals surface area contributed by atoms with Crippen molar-refractivity contribution in [3.05, 3.63) is 119 Å². The van der Waals surface area contributed by atoms with Crippen LogP contribution in [0.25, 0.3) is 21.9 Å². The Morgan fingerprint density at radius 1 is 1.07 bits per heavy atom. The van der Waals surface area contributed by atoms with Crippen LogP contribution in [0.5, 0.6) is 5.88 Å². The van der Waals surface area contributed by atoms with Gasteiger partial charge in [-0.05, 0) is 54.6 Å². The second kappa shape index (κ2) is 12.3. The Bertz CT molecular complexity index is 2020. The summed E-state index contributed by atoms with van der Waals surface area (Å²) in [5, 5.41) is 19.4. The number of rotatable bonds is 11. The first kappa shape index (κ1) is 28.5. The van der Waals surface area contributed by atoms with Gasteiger partial charge in [-0.1, -0.05) is 25.1 Å². The molecule has 0 unspecified atom stereocenters. The topological polar surface area (TPSA) is 130 Å². The molecule has 11 heteroatoms. The number of nitrogens with zero attached hydrogens (tertiary/aromatic N) is 6. The van der Waals surface area contributed by atoms with Gasteiger partial charge in [0.25, 0.3) is 0 Å². The highest BCUT2D eigenvalue weighted by atomic mass is 19.1. The van der Waals surface area contributed by atoms with Gasteiger partial charge in [0, 0.05) is 23.6 Å². The zero-order chi connectivity index (χ0) is 30.6. The average molecular weight is 591 g/mol. The number of carbonyl (C=O) groups is 1. The molecule has 0 spiro atoms. The summed E-state index contributed by atoms with van der Waals surface area (Å²) in [6.07, 6.45) is 3.00. The van der Waals surface area contributed by atoms with E-state index in [0.717, 1.165) is 28.8 Å². The molecule has 44 heavy (non-hydrogen) atoms. The third-order valence-electron chi connectivity index (χ3n) is 7.38. The highest BCUT2D eigenvalue weighted by Crippen LogP contribution is 2.24. The van der Waals surface area contributed by atoms with E-state index in [1.54, 1.807) is 36.5 Å². The van der Waals surface area contributed by atoms with Crippen LogP contribution in [0, 0.1) is 17.1 Å². The highest BCUT2D eigenvalue weighted by molar-refractivity contribution is 5.92. The molecule has 0 aliphatic heterocycles. The quantitative estimate of drug-likeness (QED) is 0.195. The fraction of sp³-hybridized carbons (Fsp3) is 0.182. The SMILES string of the molecule is CCN(Cc1ccc2ccc(OCc3ccc(C#N)cc3F)nc2c1)Cc1nc2ccc(C(=O)O)cc2n1Cc1cnco1. The summed E-state index contributed by atoms with van der Waals surface area (Å²) in [6, 6.07) is 20.8. The van der Waals surface area contributed by atoms with Crippen molar-refractivity contribution in [1.82, 2.24) is 24.4 Å². The fourth-order valence-electron chi connectivity index (χ4n) is 5.02. The number of nitriles is 1. The number of carboxylic acid groups (broad SMARTS) is 1. The van der Waals surface area contributed by atoms with Gasteiger partial charge >= 0.3 is 5.97 Å². The number of pyridine rings is 1. The van der Waals surface area contributed by atoms with E-state index in [2.05, 4.69) is 27.9 Å². The number of halogens is 1. The second-order valence-electron chi connectivity index (χ2n) is 10.3. The largest absolute Gasteiger partial charge is 0.478 e. The molecule has 3 aromatic carbocycles. The predicted molar refractivity (Wildman–Crippen MR) is 159 cm³/mol. The lowest BCUT2D eigenvalue weighted by Gasteiger charge is -2.21. The van der Waals surface area contributed by atoms with Gasteiger partial charge in [0.2, 0.25) is 5.88 Å². The number of imidazole rings is 1. The molecule has 6 aromatic rings. The zero-order valence-corrected chi connectivity index (χ0v) is 23.8. The summed E-state index contributed by atoms with van der Waals surface area (Å²) in [6.45, 7) is 4.27. The van der Waals surface area contributed by atoms with Crippen LogP contribution in [0.2, 0.25) is 0 Å². The maximum absolute atomic E-state index is 14.3. The minimum absolute atomic E-state index is 0.0115. The average Bonchev–Trinajstić information content (AvgIpc) is 3.67. The summed E-state index contributed by atoms with van der Waals surface area (Å²) in [5.41, 5.74) is 3.96. The Morgan fingerprint density at radius 3 is 2.68 bits per heavy atom. The number of oxazole rings is 1. The molecule has 0 saturated heterocycles. The minimum atomic E-state index is -1.00. The molecule has 0 radical (unpaired) electrons. The van der Waals surface area contributed by atoms with E-state index < -0.39 is 11.8 Å². The number of hydrogen-bond acceptors (Lipinski definition) is 8. The van der Waals surface area contributed by atoms with Crippen molar-refractivity contribution in [3.8, 4) is 11.9 Å². The van der Waals surface area contributed by atoms with Crippen molar-refractivity contribution in [2.45, 2.75) is 33.2 Å². The number of fused-ring (bicyclic) bond motifs is 2. The molecule has 6 rings (SSSR count). The van der Waals surface area contributed by atoms with Crippen LogP contribution in [-0.4, -0.2) is 42.0 Å². The van der Waals surface area contributed by atoms with Gasteiger partial charge in [-0.25, -0.2) is 24.1 Å². The van der Waals surface area contributed by atoms with E-state index in [-0.39, 0.29) is 17.7 Å². The molecular formula is C33H27FN6O4. The number of aromatic carboxylic acids is 1. The molecule has 3 heterocycles. The van der Waals surface area contributed by atoms with Crippen molar-refractivity contribution in [3.63, 3.8) is 0 Å². The molecule has 0 bridgehead atoms. The molecule has 0 atom stereocenters. The molecular weight excluding hydrogens is 563 g/mol. The van der Waals surface area contributed by atoms with Crippen molar-refractivity contribution in [1.29, 1.82) is 5.26 Å². The molecule has 0 amide bonds. The van der Waals surface area contributed by atoms with Crippen LogP contribution >= 0.6 is 0 Å². The Morgan fingerprint density at radius 2 is 1.93 bits per heavy atom. The standard InChI is InChI=1S/C33H27FN6O4/c1-2-39(18-31-37-28-9-7-24(33(41)42)13-30(28)40(31)17-26-15-36-20-44-26)16-22-4-5-23-8-10-32(38-29(23)12-22)43-19-25-6-3-21(14-35)11-27(25)34/h3-13,15,20H,2,16-19H2,1H3,(H,41,42). The maximum atomic E-state index is 14.3. The van der Waals surface area contributed by atoms with Crippen molar-refractivity contribution >= 4 is 27.9 Å². The van der Waals surface area contributed by atoms with E-state index in [4.69, 9.17) is 19.4 Å². The Labute approximate surface area is 251 Å². The Kier molecular flexibility index (Phi) is 7.99. The van der Waals surface area contributed by atoms with Crippen LogP contribution in [-0.2, 0) is 26.2 Å². The van der Waals surface area contributed by atoms with Gasteiger partial charge < -0.3 is 18.8 Å². The molecule has 1 N–H and O–H groups in total. The number of hydrogen-bond donors (Lipinski definition) is 1. The van der Waals surface area contributed by atoms with Crippen molar-refractivity contribution < 1.29 is 23.4 Å². The summed E-state index contributed by atoms with van der Waals surface area (Å²) in [5.74, 6) is 0.271. The molecule has 0 fully saturated rings. The van der Waals surface area contributed by atoms with Crippen LogP contribution in [0.1, 0.15) is 45.6 Å². The lowest BCUT2D eigenvalue weighted by Crippen LogP contribution is -2.24. The van der Waals surface area contributed by atoms with Gasteiger partial charge in [-0.15, -0.1) is 0 Å². The first-order valence-corrected chi connectivity index (χ1v) is 13.9. The molecule has 10 nitrogen and oxygen atoms in total. The summed E-state index contributed by atoms with van der Waals surface area (Å²) < 4.78 is 27.5. The van der Waals surface area contributed by atoms with E-state index in [1.807, 2.05) is 28.8 Å². The molecule has 220 valence electrons. The lowest BCUT2D eigenvalue weighted by molar-refractivity contribution is 0.0697. The van der Waals surface area contributed by atoms with Crippen LogP contribution in [0.15, 0.2) is 83.7 Å². The normalized spacial score (nSPS) is 11.3. The van der Waals surface area contributed by atoms with Gasteiger partial charge in [-0.3, -0.25) is 4.90 Å². The fourth-order valence-corrected chi connectivity index (χ4v) is 5.02. The van der Waals surface area contributed by atoms with Gasteiger partial charge in [0.05, 0.1) is 53.0 Å². The lowest BCUT2D eigenvalue weighted by atomic mass is 10.1. The first-order valence-electron chi connectivity index (χ1n) is 13.9. The van der Waals surface area contributed by atoms with Gasteiger partial charge in [-0.2, -0.15) is 5.26 Å². The zero-order valence-electron chi connectivity index (χ0n) is 23.8. The van der Waals surface area contributed by atoms with Crippen molar-refractivity contribution in [2.24, 2.45) is 0 Å². The third-order valence-corrected chi connectivity index (χ3v) is 7.38. The van der Waals surface area contributed by atoms with Gasteiger partial charge in [0.1, 0.15) is 24.0 Å². The van der Waals surface area contributed by atoms with E-state index >= 15 is 0 Å². The minimum Gasteiger partial charge on any atom is -0.478 e. The summed E-state index contributed by atoms with van der Waals surface area (Å²) in [7, 11) is 0. The van der Waals surface area contributed by atoms with E-state index in [0.29, 0.717) is 47.9 Å². The number of carboxylic acids is 1. The summed E-state index contributed by atoms with van der Waals surface area (Å²) in [4.78, 5) is 27.4. The van der Waals surface area contributed by atoms with Crippen LogP contribution in [0.4, 0.5) is 4.39 Å². The maximum Gasteiger partial charge on any atom is 0.335 e. The van der Waals surface area contributed by atoms with Crippen LogP contribution in [0.3, 0.4) is 0 Å². The Balaban J connectivity index is 1.22. The predicted octanol–water partition coefficient (Wildman–Crippen LogP) is 5.93. The first-order chi connectivity index (χ1) is 21.4.